The van der Waals surface area contributed by atoms with Crippen LogP contribution in [0.1, 0.15) is 15.9 Å². The number of hydrogen-bond donors (Lipinski definition) is 3. The van der Waals surface area contributed by atoms with Crippen LogP contribution in [0.15, 0.2) is 60.8 Å². The minimum Gasteiger partial charge on any atom is -0.391 e. The molecule has 2 aromatic carbocycles. The molecule has 0 saturated heterocycles. The minimum absolute atomic E-state index is 0.127. The van der Waals surface area contributed by atoms with E-state index in [2.05, 4.69) is 15.5 Å². The van der Waals surface area contributed by atoms with E-state index in [4.69, 9.17) is 0 Å². The summed E-state index contributed by atoms with van der Waals surface area (Å²) in [5, 5.41) is 19.4. The minimum atomic E-state index is -0.687. The number of hydrogen-bond acceptors (Lipinski definition) is 3. The monoisotopic (exact) mass is 339 g/mol. The Morgan fingerprint density at radius 1 is 1.16 bits per heavy atom. The third-order valence-electron chi connectivity index (χ3n) is 3.83. The Kier molecular flexibility index (Phi) is 5.20. The Labute approximate surface area is 144 Å². The molecule has 0 aliphatic rings. The maximum atomic E-state index is 13.0. The fourth-order valence-electron chi connectivity index (χ4n) is 2.56. The van der Waals surface area contributed by atoms with Crippen LogP contribution in [-0.4, -0.2) is 33.9 Å². The predicted octanol–water partition coefficient (Wildman–Crippen LogP) is 2.55. The van der Waals surface area contributed by atoms with Gasteiger partial charge in [0.15, 0.2) is 0 Å². The summed E-state index contributed by atoms with van der Waals surface area (Å²) < 4.78 is 13.0. The van der Waals surface area contributed by atoms with Gasteiger partial charge in [-0.2, -0.15) is 5.10 Å². The summed E-state index contributed by atoms with van der Waals surface area (Å²) >= 11 is 0. The van der Waals surface area contributed by atoms with Crippen molar-refractivity contribution < 1.29 is 14.3 Å². The molecule has 1 aromatic heterocycles. The number of benzene rings is 2. The second-order valence-corrected chi connectivity index (χ2v) is 5.72. The highest BCUT2D eigenvalue weighted by Crippen LogP contribution is 2.21. The van der Waals surface area contributed by atoms with Gasteiger partial charge < -0.3 is 10.4 Å². The first kappa shape index (κ1) is 16.9. The summed E-state index contributed by atoms with van der Waals surface area (Å²) in [6.45, 7) is 0.127. The number of rotatable bonds is 6. The van der Waals surface area contributed by atoms with Crippen LogP contribution in [-0.2, 0) is 6.42 Å². The van der Waals surface area contributed by atoms with E-state index in [0.29, 0.717) is 23.2 Å². The third-order valence-corrected chi connectivity index (χ3v) is 3.83. The second-order valence-electron chi connectivity index (χ2n) is 5.72. The van der Waals surface area contributed by atoms with Crippen LogP contribution < -0.4 is 5.32 Å². The molecule has 1 amide bonds. The fraction of sp³-hybridized carbons (Fsp3) is 0.158. The van der Waals surface area contributed by atoms with Crippen LogP contribution in [0, 0.1) is 5.82 Å². The van der Waals surface area contributed by atoms with Crippen LogP contribution in [0.25, 0.3) is 11.3 Å². The zero-order valence-electron chi connectivity index (χ0n) is 13.4. The zero-order valence-corrected chi connectivity index (χ0v) is 13.4. The number of nitrogens with zero attached hydrogens (tertiary/aromatic N) is 1. The smallest absolute Gasteiger partial charge is 0.255 e. The molecule has 1 atom stereocenters. The number of halogens is 1. The molecule has 0 aliphatic heterocycles. The number of carbonyl (C=O) groups excluding carboxylic acids is 1. The maximum Gasteiger partial charge on any atom is 0.255 e. The first-order valence-corrected chi connectivity index (χ1v) is 7.93. The lowest BCUT2D eigenvalue weighted by Gasteiger charge is -2.12. The molecule has 5 nitrogen and oxygen atoms in total. The predicted molar refractivity (Wildman–Crippen MR) is 92.5 cm³/mol. The van der Waals surface area contributed by atoms with Crippen molar-refractivity contribution in [1.82, 2.24) is 15.5 Å². The summed E-state index contributed by atoms with van der Waals surface area (Å²) in [5.41, 5.74) is 2.52. The number of carbonyl (C=O) groups is 1. The second kappa shape index (κ2) is 7.72. The molecule has 0 bridgehead atoms. The largest absolute Gasteiger partial charge is 0.391 e. The number of nitrogens with one attached hydrogen (secondary N) is 2. The van der Waals surface area contributed by atoms with Crippen LogP contribution in [0.3, 0.4) is 0 Å². The van der Waals surface area contributed by atoms with Gasteiger partial charge in [0.25, 0.3) is 5.91 Å². The Bertz CT molecular complexity index is 831. The number of aromatic nitrogens is 2. The van der Waals surface area contributed by atoms with Gasteiger partial charge in [-0.15, -0.1) is 0 Å². The topological polar surface area (TPSA) is 78.0 Å². The van der Waals surface area contributed by atoms with Crippen molar-refractivity contribution in [2.24, 2.45) is 0 Å². The third kappa shape index (κ3) is 4.30. The Hall–Kier alpha value is -2.99. The number of H-pyrrole nitrogens is 1. The maximum absolute atomic E-state index is 13.0. The summed E-state index contributed by atoms with van der Waals surface area (Å²) in [4.78, 5) is 12.4. The van der Waals surface area contributed by atoms with Gasteiger partial charge in [0.1, 0.15) is 5.82 Å². The Morgan fingerprint density at radius 3 is 2.60 bits per heavy atom. The molecule has 0 spiro atoms. The van der Waals surface area contributed by atoms with Gasteiger partial charge in [0.2, 0.25) is 0 Å². The molecular weight excluding hydrogens is 321 g/mol. The van der Waals surface area contributed by atoms with Crippen LogP contribution in [0.4, 0.5) is 4.39 Å². The van der Waals surface area contributed by atoms with Gasteiger partial charge in [-0.1, -0.05) is 30.3 Å². The Balaban J connectivity index is 1.62. The zero-order chi connectivity index (χ0) is 17.6. The van der Waals surface area contributed by atoms with E-state index in [1.54, 1.807) is 12.1 Å². The molecule has 0 fully saturated rings. The van der Waals surface area contributed by atoms with Gasteiger partial charge in [-0.05, 0) is 29.8 Å². The standard InChI is InChI=1S/C19H18FN3O2/c20-15-8-6-14(7-9-15)18-17(12-22-23-18)19(25)21-11-16(24)10-13-4-2-1-3-5-13/h1-9,12,16,24H,10-11H2,(H,21,25)(H,22,23). The molecule has 3 aromatic rings. The van der Waals surface area contributed by atoms with Gasteiger partial charge in [-0.25, -0.2) is 4.39 Å². The normalized spacial score (nSPS) is 11.9. The van der Waals surface area contributed by atoms with Gasteiger partial charge >= 0.3 is 0 Å². The highest BCUT2D eigenvalue weighted by Gasteiger charge is 2.16. The van der Waals surface area contributed by atoms with Crippen LogP contribution >= 0.6 is 0 Å². The first-order valence-electron chi connectivity index (χ1n) is 7.93. The average molecular weight is 339 g/mol. The van der Waals surface area contributed by atoms with E-state index in [-0.39, 0.29) is 18.3 Å². The molecule has 3 rings (SSSR count). The van der Waals surface area contributed by atoms with E-state index >= 15 is 0 Å². The number of aliphatic hydroxyl groups excluding tert-OH is 1. The van der Waals surface area contributed by atoms with Gasteiger partial charge in [-0.3, -0.25) is 9.89 Å². The van der Waals surface area contributed by atoms with E-state index in [0.717, 1.165) is 5.56 Å². The van der Waals surface area contributed by atoms with E-state index in [9.17, 15) is 14.3 Å². The summed E-state index contributed by atoms with van der Waals surface area (Å²) in [7, 11) is 0. The van der Waals surface area contributed by atoms with Gasteiger partial charge in [0, 0.05) is 18.5 Å². The van der Waals surface area contributed by atoms with Crippen LogP contribution in [0.5, 0.6) is 0 Å². The van der Waals surface area contributed by atoms with Crippen molar-refractivity contribution in [3.8, 4) is 11.3 Å². The Morgan fingerprint density at radius 2 is 1.88 bits per heavy atom. The highest BCUT2D eigenvalue weighted by atomic mass is 19.1. The van der Waals surface area contributed by atoms with Crippen molar-refractivity contribution in [2.45, 2.75) is 12.5 Å². The van der Waals surface area contributed by atoms with Crippen molar-refractivity contribution in [2.75, 3.05) is 6.54 Å². The van der Waals surface area contributed by atoms with E-state index < -0.39 is 6.10 Å². The molecule has 0 aliphatic carbocycles. The van der Waals surface area contributed by atoms with Crippen molar-refractivity contribution in [3.05, 3.63) is 77.7 Å². The molecular formula is C19H18FN3O2. The lowest BCUT2D eigenvalue weighted by Crippen LogP contribution is -2.33. The highest BCUT2D eigenvalue weighted by molar-refractivity contribution is 5.99. The molecule has 3 N–H and O–H groups in total. The summed E-state index contributed by atoms with van der Waals surface area (Å²) in [5.74, 6) is -0.696. The van der Waals surface area contributed by atoms with E-state index in [1.807, 2.05) is 30.3 Å². The van der Waals surface area contributed by atoms with Crippen molar-refractivity contribution >= 4 is 5.91 Å². The molecule has 128 valence electrons. The number of aromatic amines is 1. The van der Waals surface area contributed by atoms with Crippen molar-refractivity contribution in [3.63, 3.8) is 0 Å². The van der Waals surface area contributed by atoms with Gasteiger partial charge in [0.05, 0.1) is 23.6 Å². The fourth-order valence-corrected chi connectivity index (χ4v) is 2.56. The summed E-state index contributed by atoms with van der Waals surface area (Å²) in [6, 6.07) is 15.4. The molecule has 25 heavy (non-hydrogen) atoms. The van der Waals surface area contributed by atoms with Crippen LogP contribution in [0.2, 0.25) is 0 Å². The summed E-state index contributed by atoms with van der Waals surface area (Å²) in [6.07, 6.45) is 1.18. The van der Waals surface area contributed by atoms with E-state index in [1.165, 1.54) is 18.3 Å². The van der Waals surface area contributed by atoms with Crippen molar-refractivity contribution in [1.29, 1.82) is 0 Å². The lowest BCUT2D eigenvalue weighted by atomic mass is 10.1. The molecule has 1 heterocycles. The SMILES string of the molecule is O=C(NCC(O)Cc1ccccc1)c1cn[nH]c1-c1ccc(F)cc1. The molecule has 1 unspecified atom stereocenters. The molecule has 6 heteroatoms. The quantitative estimate of drug-likeness (QED) is 0.646. The molecule has 0 saturated carbocycles. The first-order chi connectivity index (χ1) is 12.1. The lowest BCUT2D eigenvalue weighted by molar-refractivity contribution is 0.0916. The number of amides is 1. The number of aliphatic hydroxyl groups is 1. The molecule has 0 radical (unpaired) electrons. The average Bonchev–Trinajstić information content (AvgIpc) is 3.11.